The lowest BCUT2D eigenvalue weighted by Crippen LogP contribution is -2.33. The van der Waals surface area contributed by atoms with Crippen molar-refractivity contribution < 1.29 is 18.0 Å². The molecule has 1 aromatic carbocycles. The second-order valence-electron chi connectivity index (χ2n) is 5.81. The quantitative estimate of drug-likeness (QED) is 0.716. The van der Waals surface area contributed by atoms with E-state index in [2.05, 4.69) is 15.5 Å². The van der Waals surface area contributed by atoms with Crippen LogP contribution < -0.4 is 5.32 Å². The molecular weight excluding hydrogens is 328 g/mol. The van der Waals surface area contributed by atoms with Gasteiger partial charge in [0, 0.05) is 12.1 Å². The lowest BCUT2D eigenvalue weighted by molar-refractivity contribution is 0.0933. The highest BCUT2D eigenvalue weighted by atomic mass is 19.2. The predicted molar refractivity (Wildman–Crippen MR) is 87.9 cm³/mol. The van der Waals surface area contributed by atoms with Crippen LogP contribution in [0.15, 0.2) is 47.1 Å². The maximum atomic E-state index is 13.2. The number of halogens is 2. The Morgan fingerprint density at radius 1 is 1.28 bits per heavy atom. The summed E-state index contributed by atoms with van der Waals surface area (Å²) >= 11 is 0. The molecule has 1 unspecified atom stereocenters. The van der Waals surface area contributed by atoms with E-state index in [1.807, 2.05) is 6.92 Å². The molecule has 0 aliphatic heterocycles. The zero-order valence-corrected chi connectivity index (χ0v) is 13.6. The van der Waals surface area contributed by atoms with Gasteiger partial charge in [-0.15, -0.1) is 0 Å². The molecule has 3 aromatic rings. The van der Waals surface area contributed by atoms with Crippen LogP contribution in [0.1, 0.15) is 29.4 Å². The molecule has 130 valence electrons. The van der Waals surface area contributed by atoms with Crippen LogP contribution in [0.25, 0.3) is 11.5 Å². The van der Waals surface area contributed by atoms with Crippen molar-refractivity contribution in [2.24, 2.45) is 0 Å². The van der Waals surface area contributed by atoms with Crippen LogP contribution in [-0.2, 0) is 6.42 Å². The Morgan fingerprint density at radius 2 is 2.12 bits per heavy atom. The van der Waals surface area contributed by atoms with E-state index in [0.29, 0.717) is 29.9 Å². The number of carbonyl (C=O) groups is 1. The van der Waals surface area contributed by atoms with Gasteiger partial charge in [0.05, 0.1) is 6.26 Å². The Balaban J connectivity index is 1.54. The minimum absolute atomic E-state index is 0.149. The van der Waals surface area contributed by atoms with E-state index in [1.165, 1.54) is 18.4 Å². The Morgan fingerprint density at radius 3 is 2.84 bits per heavy atom. The first kappa shape index (κ1) is 16.9. The Kier molecular flexibility index (Phi) is 4.92. The summed E-state index contributed by atoms with van der Waals surface area (Å²) in [6.07, 6.45) is 2.65. The zero-order chi connectivity index (χ0) is 17.8. The molecule has 0 spiro atoms. The number of aromatic amines is 1. The van der Waals surface area contributed by atoms with Gasteiger partial charge in [-0.1, -0.05) is 6.07 Å². The number of amides is 1. The van der Waals surface area contributed by atoms with Crippen molar-refractivity contribution in [3.63, 3.8) is 0 Å². The van der Waals surface area contributed by atoms with Crippen molar-refractivity contribution in [1.82, 2.24) is 15.5 Å². The minimum Gasteiger partial charge on any atom is -0.463 e. The topological polar surface area (TPSA) is 70.9 Å². The number of rotatable bonds is 6. The first-order valence-corrected chi connectivity index (χ1v) is 7.87. The maximum Gasteiger partial charge on any atom is 0.272 e. The van der Waals surface area contributed by atoms with E-state index in [9.17, 15) is 13.6 Å². The smallest absolute Gasteiger partial charge is 0.272 e. The number of aromatic nitrogens is 2. The third-order valence-electron chi connectivity index (χ3n) is 3.82. The standard InChI is InChI=1S/C18H17F2N3O2/c1-11(4-5-12-6-7-13(19)14(20)9-12)21-18(24)16-10-15(22-23-16)17-3-2-8-25-17/h2-3,6-11H,4-5H2,1H3,(H,21,24)(H,22,23). The third kappa shape index (κ3) is 4.12. The summed E-state index contributed by atoms with van der Waals surface area (Å²) in [7, 11) is 0. The SMILES string of the molecule is CC(CCc1ccc(F)c(F)c1)NC(=O)c1cc(-c2ccco2)[nH]n1. The molecule has 0 radical (unpaired) electrons. The van der Waals surface area contributed by atoms with Gasteiger partial charge in [0.2, 0.25) is 0 Å². The van der Waals surface area contributed by atoms with Gasteiger partial charge >= 0.3 is 0 Å². The zero-order valence-electron chi connectivity index (χ0n) is 13.6. The van der Waals surface area contributed by atoms with Gasteiger partial charge in [-0.25, -0.2) is 8.78 Å². The number of aryl methyl sites for hydroxylation is 1. The summed E-state index contributed by atoms with van der Waals surface area (Å²) in [5.41, 5.74) is 1.55. The number of nitrogens with zero attached hydrogens (tertiary/aromatic N) is 1. The fraction of sp³-hybridized carbons (Fsp3) is 0.222. The van der Waals surface area contributed by atoms with Crippen molar-refractivity contribution in [1.29, 1.82) is 0 Å². The van der Waals surface area contributed by atoms with Gasteiger partial charge < -0.3 is 9.73 Å². The number of carbonyl (C=O) groups excluding carboxylic acids is 1. The molecule has 0 fully saturated rings. The van der Waals surface area contributed by atoms with E-state index in [1.54, 1.807) is 18.2 Å². The summed E-state index contributed by atoms with van der Waals surface area (Å²) in [5, 5.41) is 9.56. The molecule has 25 heavy (non-hydrogen) atoms. The average molecular weight is 345 g/mol. The number of hydrogen-bond donors (Lipinski definition) is 2. The molecule has 5 nitrogen and oxygen atoms in total. The Labute approximate surface area is 143 Å². The first-order valence-electron chi connectivity index (χ1n) is 7.87. The summed E-state index contributed by atoms with van der Waals surface area (Å²) in [4.78, 5) is 12.2. The van der Waals surface area contributed by atoms with Crippen molar-refractivity contribution in [2.75, 3.05) is 0 Å². The van der Waals surface area contributed by atoms with Crippen molar-refractivity contribution in [2.45, 2.75) is 25.8 Å². The minimum atomic E-state index is -0.865. The molecule has 0 saturated heterocycles. The van der Waals surface area contributed by atoms with Crippen molar-refractivity contribution in [3.8, 4) is 11.5 Å². The number of furan rings is 1. The molecule has 0 aliphatic rings. The lowest BCUT2D eigenvalue weighted by atomic mass is 10.1. The molecule has 0 bridgehead atoms. The molecule has 2 heterocycles. The van der Waals surface area contributed by atoms with Gasteiger partial charge in [0.25, 0.3) is 5.91 Å². The van der Waals surface area contributed by atoms with Crippen molar-refractivity contribution >= 4 is 5.91 Å². The summed E-state index contributed by atoms with van der Waals surface area (Å²) in [6, 6.07) is 8.79. The van der Waals surface area contributed by atoms with Gasteiger partial charge in [-0.05, 0) is 49.6 Å². The number of hydrogen-bond acceptors (Lipinski definition) is 3. The average Bonchev–Trinajstić information content (AvgIpc) is 3.27. The Hall–Kier alpha value is -2.96. The van der Waals surface area contributed by atoms with E-state index in [4.69, 9.17) is 4.42 Å². The van der Waals surface area contributed by atoms with Crippen LogP contribution in [0.2, 0.25) is 0 Å². The van der Waals surface area contributed by atoms with Gasteiger partial charge in [-0.3, -0.25) is 9.89 Å². The molecule has 1 atom stereocenters. The van der Waals surface area contributed by atoms with E-state index in [-0.39, 0.29) is 17.6 Å². The molecular formula is C18H17F2N3O2. The summed E-state index contributed by atoms with van der Waals surface area (Å²) in [6.45, 7) is 1.85. The van der Waals surface area contributed by atoms with E-state index >= 15 is 0 Å². The molecule has 2 aromatic heterocycles. The monoisotopic (exact) mass is 345 g/mol. The van der Waals surface area contributed by atoms with Crippen molar-refractivity contribution in [3.05, 3.63) is 65.6 Å². The van der Waals surface area contributed by atoms with Gasteiger partial charge in [0.15, 0.2) is 23.1 Å². The lowest BCUT2D eigenvalue weighted by Gasteiger charge is -2.13. The number of nitrogens with one attached hydrogen (secondary N) is 2. The highest BCUT2D eigenvalue weighted by Crippen LogP contribution is 2.18. The van der Waals surface area contributed by atoms with Crippen LogP contribution in [0.5, 0.6) is 0 Å². The highest BCUT2D eigenvalue weighted by Gasteiger charge is 2.15. The number of benzene rings is 1. The van der Waals surface area contributed by atoms with Crippen LogP contribution in [0.3, 0.4) is 0 Å². The molecule has 1 amide bonds. The fourth-order valence-electron chi connectivity index (χ4n) is 2.44. The molecule has 2 N–H and O–H groups in total. The highest BCUT2D eigenvalue weighted by molar-refractivity contribution is 5.93. The molecule has 0 saturated carbocycles. The summed E-state index contributed by atoms with van der Waals surface area (Å²) in [5.74, 6) is -1.45. The Bertz CT molecular complexity index is 859. The normalized spacial score (nSPS) is 12.1. The maximum absolute atomic E-state index is 13.2. The van der Waals surface area contributed by atoms with Gasteiger partial charge in [-0.2, -0.15) is 5.10 Å². The van der Waals surface area contributed by atoms with E-state index in [0.717, 1.165) is 6.07 Å². The second kappa shape index (κ2) is 7.29. The predicted octanol–water partition coefficient (Wildman–Crippen LogP) is 3.70. The third-order valence-corrected chi connectivity index (χ3v) is 3.82. The summed E-state index contributed by atoms with van der Waals surface area (Å²) < 4.78 is 31.3. The van der Waals surface area contributed by atoms with E-state index < -0.39 is 11.6 Å². The second-order valence-corrected chi connectivity index (χ2v) is 5.81. The fourth-order valence-corrected chi connectivity index (χ4v) is 2.44. The first-order chi connectivity index (χ1) is 12.0. The molecule has 3 rings (SSSR count). The van der Waals surface area contributed by atoms with Crippen LogP contribution in [0, 0.1) is 11.6 Å². The molecule has 0 aliphatic carbocycles. The number of H-pyrrole nitrogens is 1. The van der Waals surface area contributed by atoms with Gasteiger partial charge in [0.1, 0.15) is 5.69 Å². The van der Waals surface area contributed by atoms with Crippen LogP contribution >= 0.6 is 0 Å². The van der Waals surface area contributed by atoms with Crippen LogP contribution in [-0.4, -0.2) is 22.1 Å². The largest absolute Gasteiger partial charge is 0.463 e. The van der Waals surface area contributed by atoms with Crippen LogP contribution in [0.4, 0.5) is 8.78 Å². The molecule has 7 heteroatoms.